The molecular formula is C15H18BrN3. The lowest BCUT2D eigenvalue weighted by molar-refractivity contribution is 0.807. The van der Waals surface area contributed by atoms with Crippen LogP contribution in [0, 0.1) is 0 Å². The fraction of sp³-hybridized carbons (Fsp3) is 0.267. The molecule has 0 aliphatic heterocycles. The molecule has 2 N–H and O–H groups in total. The summed E-state index contributed by atoms with van der Waals surface area (Å²) in [6.45, 7) is 2.79. The van der Waals surface area contributed by atoms with Crippen LogP contribution in [0.15, 0.2) is 47.1 Å². The zero-order valence-corrected chi connectivity index (χ0v) is 12.8. The minimum atomic E-state index is 0.0262. The first-order chi connectivity index (χ1) is 9.06. The van der Waals surface area contributed by atoms with E-state index in [0.717, 1.165) is 22.4 Å². The zero-order chi connectivity index (χ0) is 13.8. The van der Waals surface area contributed by atoms with Crippen molar-refractivity contribution in [1.29, 1.82) is 0 Å². The fourth-order valence-corrected chi connectivity index (χ4v) is 2.10. The number of hydrogen-bond acceptors (Lipinski definition) is 3. The van der Waals surface area contributed by atoms with E-state index in [1.165, 1.54) is 5.56 Å². The summed E-state index contributed by atoms with van der Waals surface area (Å²) in [5.74, 6) is 0.951. The van der Waals surface area contributed by atoms with Crippen LogP contribution in [-0.2, 0) is 6.54 Å². The van der Waals surface area contributed by atoms with E-state index in [-0.39, 0.29) is 6.04 Å². The summed E-state index contributed by atoms with van der Waals surface area (Å²) in [5.41, 5.74) is 8.13. The van der Waals surface area contributed by atoms with Gasteiger partial charge in [-0.1, -0.05) is 34.1 Å². The first-order valence-corrected chi connectivity index (χ1v) is 7.02. The summed E-state index contributed by atoms with van der Waals surface area (Å²) in [7, 11) is 2.04. The molecule has 0 amide bonds. The molecule has 0 bridgehead atoms. The van der Waals surface area contributed by atoms with Crippen LogP contribution in [0.5, 0.6) is 0 Å². The number of anilines is 1. The Labute approximate surface area is 122 Å². The van der Waals surface area contributed by atoms with E-state index in [9.17, 15) is 0 Å². The van der Waals surface area contributed by atoms with Crippen LogP contribution < -0.4 is 10.6 Å². The maximum Gasteiger partial charge on any atom is 0.128 e. The molecule has 0 fully saturated rings. The average molecular weight is 320 g/mol. The van der Waals surface area contributed by atoms with Gasteiger partial charge in [0.1, 0.15) is 5.82 Å². The second-order valence-electron chi connectivity index (χ2n) is 4.72. The minimum Gasteiger partial charge on any atom is -0.355 e. The summed E-state index contributed by atoms with van der Waals surface area (Å²) in [6, 6.07) is 12.4. The van der Waals surface area contributed by atoms with Gasteiger partial charge in [-0.05, 0) is 36.2 Å². The van der Waals surface area contributed by atoms with Gasteiger partial charge in [-0.25, -0.2) is 4.98 Å². The molecule has 2 aromatic rings. The monoisotopic (exact) mass is 319 g/mol. The van der Waals surface area contributed by atoms with Crippen LogP contribution >= 0.6 is 15.9 Å². The molecule has 1 atom stereocenters. The Hall–Kier alpha value is -1.39. The molecule has 0 saturated heterocycles. The highest BCUT2D eigenvalue weighted by Gasteiger charge is 2.05. The van der Waals surface area contributed by atoms with Crippen molar-refractivity contribution in [1.82, 2.24) is 4.98 Å². The molecule has 0 aliphatic rings. The van der Waals surface area contributed by atoms with Gasteiger partial charge in [0.25, 0.3) is 0 Å². The van der Waals surface area contributed by atoms with Crippen LogP contribution in [0.2, 0.25) is 0 Å². The Morgan fingerprint density at radius 2 is 1.89 bits per heavy atom. The number of halogens is 1. The zero-order valence-electron chi connectivity index (χ0n) is 11.2. The van der Waals surface area contributed by atoms with Crippen molar-refractivity contribution in [3.63, 3.8) is 0 Å². The van der Waals surface area contributed by atoms with E-state index in [0.29, 0.717) is 0 Å². The van der Waals surface area contributed by atoms with E-state index < -0.39 is 0 Å². The van der Waals surface area contributed by atoms with Gasteiger partial charge in [0, 0.05) is 30.3 Å². The van der Waals surface area contributed by atoms with Gasteiger partial charge >= 0.3 is 0 Å². The maximum absolute atomic E-state index is 5.82. The van der Waals surface area contributed by atoms with Crippen molar-refractivity contribution >= 4 is 21.7 Å². The summed E-state index contributed by atoms with van der Waals surface area (Å²) in [5, 5.41) is 0. The summed E-state index contributed by atoms with van der Waals surface area (Å²) in [6.07, 6.45) is 1.85. The van der Waals surface area contributed by atoms with E-state index in [2.05, 4.69) is 50.1 Å². The molecule has 2 rings (SSSR count). The number of nitrogens with zero attached hydrogens (tertiary/aromatic N) is 2. The molecule has 1 aromatic carbocycles. The number of rotatable bonds is 4. The number of pyridine rings is 1. The molecule has 0 unspecified atom stereocenters. The predicted molar refractivity (Wildman–Crippen MR) is 83.1 cm³/mol. The third-order valence-corrected chi connectivity index (χ3v) is 3.55. The third-order valence-electron chi connectivity index (χ3n) is 3.02. The van der Waals surface area contributed by atoms with Crippen molar-refractivity contribution in [2.45, 2.75) is 19.5 Å². The highest BCUT2D eigenvalue weighted by Crippen LogP contribution is 2.17. The lowest BCUT2D eigenvalue weighted by atomic mass is 10.1. The Morgan fingerprint density at radius 3 is 2.42 bits per heavy atom. The van der Waals surface area contributed by atoms with Crippen LogP contribution in [0.25, 0.3) is 0 Å². The molecule has 1 heterocycles. The van der Waals surface area contributed by atoms with Crippen molar-refractivity contribution in [2.24, 2.45) is 5.73 Å². The largest absolute Gasteiger partial charge is 0.355 e. The summed E-state index contributed by atoms with van der Waals surface area (Å²) < 4.78 is 1.10. The Kier molecular flexibility index (Phi) is 4.56. The van der Waals surface area contributed by atoms with Gasteiger partial charge in [0.05, 0.1) is 0 Å². The number of hydrogen-bond donors (Lipinski definition) is 1. The molecule has 100 valence electrons. The predicted octanol–water partition coefficient (Wildman–Crippen LogP) is 3.50. The number of benzene rings is 1. The SMILES string of the molecule is C[C@H](N)c1ccc(N(C)Cc2ccc(Br)cc2)nc1. The van der Waals surface area contributed by atoms with Crippen molar-refractivity contribution in [3.8, 4) is 0 Å². The molecule has 19 heavy (non-hydrogen) atoms. The smallest absolute Gasteiger partial charge is 0.128 e. The van der Waals surface area contributed by atoms with Gasteiger partial charge in [-0.2, -0.15) is 0 Å². The first-order valence-electron chi connectivity index (χ1n) is 6.23. The molecule has 0 aliphatic carbocycles. The van der Waals surface area contributed by atoms with Crippen LogP contribution in [0.4, 0.5) is 5.82 Å². The van der Waals surface area contributed by atoms with Crippen LogP contribution in [0.3, 0.4) is 0 Å². The molecule has 1 aromatic heterocycles. The van der Waals surface area contributed by atoms with E-state index in [4.69, 9.17) is 5.73 Å². The van der Waals surface area contributed by atoms with Gasteiger partial charge < -0.3 is 10.6 Å². The Balaban J connectivity index is 2.07. The van der Waals surface area contributed by atoms with Gasteiger partial charge in [0.15, 0.2) is 0 Å². The lowest BCUT2D eigenvalue weighted by Gasteiger charge is -2.19. The third kappa shape index (κ3) is 3.78. The van der Waals surface area contributed by atoms with Gasteiger partial charge in [-0.3, -0.25) is 0 Å². The highest BCUT2D eigenvalue weighted by molar-refractivity contribution is 9.10. The standard InChI is InChI=1S/C15H18BrN3/c1-11(17)13-5-8-15(18-9-13)19(2)10-12-3-6-14(16)7-4-12/h3-9,11H,10,17H2,1-2H3/t11-/m0/s1. The van der Waals surface area contributed by atoms with Gasteiger partial charge in [0.2, 0.25) is 0 Å². The quantitative estimate of drug-likeness (QED) is 0.937. The molecular weight excluding hydrogens is 302 g/mol. The first kappa shape index (κ1) is 14.0. The maximum atomic E-state index is 5.82. The molecule has 3 nitrogen and oxygen atoms in total. The van der Waals surface area contributed by atoms with Gasteiger partial charge in [-0.15, -0.1) is 0 Å². The number of aromatic nitrogens is 1. The summed E-state index contributed by atoms with van der Waals surface area (Å²) >= 11 is 3.44. The lowest BCUT2D eigenvalue weighted by Crippen LogP contribution is -2.18. The molecule has 4 heteroatoms. The van der Waals surface area contributed by atoms with Crippen molar-refractivity contribution < 1.29 is 0 Å². The average Bonchev–Trinajstić information content (AvgIpc) is 2.41. The molecule has 0 radical (unpaired) electrons. The van der Waals surface area contributed by atoms with Crippen LogP contribution in [-0.4, -0.2) is 12.0 Å². The highest BCUT2D eigenvalue weighted by atomic mass is 79.9. The normalized spacial score (nSPS) is 12.2. The minimum absolute atomic E-state index is 0.0262. The van der Waals surface area contributed by atoms with Crippen molar-refractivity contribution in [3.05, 3.63) is 58.2 Å². The summed E-state index contributed by atoms with van der Waals surface area (Å²) in [4.78, 5) is 6.57. The van der Waals surface area contributed by atoms with E-state index in [1.807, 2.05) is 32.3 Å². The topological polar surface area (TPSA) is 42.1 Å². The second-order valence-corrected chi connectivity index (χ2v) is 5.64. The Morgan fingerprint density at radius 1 is 1.21 bits per heavy atom. The molecule has 0 saturated carbocycles. The molecule has 0 spiro atoms. The Bertz CT molecular complexity index is 520. The van der Waals surface area contributed by atoms with E-state index in [1.54, 1.807) is 0 Å². The van der Waals surface area contributed by atoms with E-state index >= 15 is 0 Å². The van der Waals surface area contributed by atoms with Crippen molar-refractivity contribution in [2.75, 3.05) is 11.9 Å². The number of nitrogens with two attached hydrogens (primary N) is 1. The second kappa shape index (κ2) is 6.17. The van der Waals surface area contributed by atoms with Crippen LogP contribution in [0.1, 0.15) is 24.1 Å². The fourth-order valence-electron chi connectivity index (χ4n) is 1.84.